The molecule has 0 atom stereocenters. The van der Waals surface area contributed by atoms with Gasteiger partial charge in [0.1, 0.15) is 0 Å². The molecule has 0 unspecified atom stereocenters. The number of hydrogen-bond acceptors (Lipinski definition) is 4. The second kappa shape index (κ2) is 6.86. The molecule has 5 nitrogen and oxygen atoms in total. The Morgan fingerprint density at radius 2 is 2.17 bits per heavy atom. The maximum Gasteiger partial charge on any atom is 0.317 e. The molecule has 18 heavy (non-hydrogen) atoms. The third-order valence-corrected chi connectivity index (χ3v) is 2.55. The second-order valence-electron chi connectivity index (χ2n) is 4.11. The number of aliphatic carboxylic acids is 1. The molecule has 0 spiro atoms. The topological polar surface area (TPSA) is 70.0 Å². The zero-order chi connectivity index (χ0) is 13.5. The highest BCUT2D eigenvalue weighted by Gasteiger charge is 2.11. The van der Waals surface area contributed by atoms with Gasteiger partial charge >= 0.3 is 5.97 Å². The summed E-state index contributed by atoms with van der Waals surface area (Å²) in [6.07, 6.45) is 0.891. The largest absolute Gasteiger partial charge is 0.504 e. The van der Waals surface area contributed by atoms with E-state index in [-0.39, 0.29) is 12.3 Å². The van der Waals surface area contributed by atoms with Crippen LogP contribution in [-0.2, 0) is 11.3 Å². The molecular formula is C13H19NO4. The average molecular weight is 253 g/mol. The Morgan fingerprint density at radius 1 is 1.44 bits per heavy atom. The SMILES string of the molecule is CCCN(CC(=O)O)Cc1ccc(O)c(OC)c1. The maximum atomic E-state index is 10.7. The molecule has 0 amide bonds. The summed E-state index contributed by atoms with van der Waals surface area (Å²) in [4.78, 5) is 12.6. The van der Waals surface area contributed by atoms with Gasteiger partial charge in [-0.3, -0.25) is 9.69 Å². The summed E-state index contributed by atoms with van der Waals surface area (Å²) in [6, 6.07) is 5.04. The van der Waals surface area contributed by atoms with Crippen LogP contribution in [0.5, 0.6) is 11.5 Å². The van der Waals surface area contributed by atoms with Crippen molar-refractivity contribution in [3.63, 3.8) is 0 Å². The van der Waals surface area contributed by atoms with E-state index in [0.29, 0.717) is 12.3 Å². The average Bonchev–Trinajstić information content (AvgIpc) is 2.31. The number of nitrogens with zero attached hydrogens (tertiary/aromatic N) is 1. The van der Waals surface area contributed by atoms with Crippen LogP contribution in [0.3, 0.4) is 0 Å². The summed E-state index contributed by atoms with van der Waals surface area (Å²) in [5.74, 6) is -0.352. The van der Waals surface area contributed by atoms with E-state index in [4.69, 9.17) is 9.84 Å². The van der Waals surface area contributed by atoms with E-state index in [1.54, 1.807) is 18.2 Å². The van der Waals surface area contributed by atoms with Gasteiger partial charge in [0.05, 0.1) is 13.7 Å². The summed E-state index contributed by atoms with van der Waals surface area (Å²) in [6.45, 7) is 3.26. The summed E-state index contributed by atoms with van der Waals surface area (Å²) in [7, 11) is 1.49. The van der Waals surface area contributed by atoms with Crippen LogP contribution >= 0.6 is 0 Å². The lowest BCUT2D eigenvalue weighted by Crippen LogP contribution is -2.30. The van der Waals surface area contributed by atoms with Crippen molar-refractivity contribution in [3.05, 3.63) is 23.8 Å². The predicted octanol–water partition coefficient (Wildman–Crippen LogP) is 1.70. The standard InChI is InChI=1S/C13H19NO4/c1-3-6-14(9-13(16)17)8-10-4-5-11(15)12(7-10)18-2/h4-5,7,15H,3,6,8-9H2,1-2H3,(H,16,17). The van der Waals surface area contributed by atoms with Crippen LogP contribution in [0.25, 0.3) is 0 Å². The molecule has 0 radical (unpaired) electrons. The van der Waals surface area contributed by atoms with Gasteiger partial charge in [-0.05, 0) is 30.7 Å². The Labute approximate surface area is 107 Å². The van der Waals surface area contributed by atoms with Crippen LogP contribution in [-0.4, -0.2) is 41.3 Å². The van der Waals surface area contributed by atoms with Gasteiger partial charge in [0.25, 0.3) is 0 Å². The van der Waals surface area contributed by atoms with Crippen LogP contribution in [0.4, 0.5) is 0 Å². The third-order valence-electron chi connectivity index (χ3n) is 2.55. The first kappa shape index (κ1) is 14.3. The van der Waals surface area contributed by atoms with Crippen LogP contribution in [0, 0.1) is 0 Å². The molecule has 2 N–H and O–H groups in total. The van der Waals surface area contributed by atoms with Crippen molar-refractivity contribution in [1.29, 1.82) is 0 Å². The predicted molar refractivity (Wildman–Crippen MR) is 67.9 cm³/mol. The molecule has 0 bridgehead atoms. The highest BCUT2D eigenvalue weighted by atomic mass is 16.5. The van der Waals surface area contributed by atoms with Crippen molar-refractivity contribution in [2.75, 3.05) is 20.2 Å². The molecule has 5 heteroatoms. The number of carboxylic acid groups (broad SMARTS) is 1. The summed E-state index contributed by atoms with van der Waals surface area (Å²) < 4.78 is 5.02. The summed E-state index contributed by atoms with van der Waals surface area (Å²) in [5, 5.41) is 18.3. The number of carboxylic acids is 1. The van der Waals surface area contributed by atoms with Gasteiger partial charge in [-0.25, -0.2) is 0 Å². The van der Waals surface area contributed by atoms with Crippen LogP contribution < -0.4 is 4.74 Å². The number of carbonyl (C=O) groups is 1. The molecular weight excluding hydrogens is 234 g/mol. The Balaban J connectivity index is 2.76. The Hall–Kier alpha value is -1.75. The van der Waals surface area contributed by atoms with Crippen molar-refractivity contribution >= 4 is 5.97 Å². The van der Waals surface area contributed by atoms with Gasteiger partial charge in [-0.1, -0.05) is 13.0 Å². The van der Waals surface area contributed by atoms with Crippen LogP contribution in [0.15, 0.2) is 18.2 Å². The number of methoxy groups -OCH3 is 1. The van der Waals surface area contributed by atoms with E-state index >= 15 is 0 Å². The van der Waals surface area contributed by atoms with Crippen molar-refractivity contribution in [2.45, 2.75) is 19.9 Å². The molecule has 1 aromatic carbocycles. The number of benzene rings is 1. The van der Waals surface area contributed by atoms with Crippen LogP contribution in [0.2, 0.25) is 0 Å². The molecule has 1 aromatic rings. The van der Waals surface area contributed by atoms with Gasteiger partial charge in [0, 0.05) is 6.54 Å². The Morgan fingerprint density at radius 3 is 2.72 bits per heavy atom. The number of ether oxygens (including phenoxy) is 1. The molecule has 0 aliphatic heterocycles. The minimum atomic E-state index is -0.839. The summed E-state index contributed by atoms with van der Waals surface area (Å²) >= 11 is 0. The zero-order valence-corrected chi connectivity index (χ0v) is 10.7. The fraction of sp³-hybridized carbons (Fsp3) is 0.462. The maximum absolute atomic E-state index is 10.7. The lowest BCUT2D eigenvalue weighted by Gasteiger charge is -2.19. The number of hydrogen-bond donors (Lipinski definition) is 2. The van der Waals surface area contributed by atoms with E-state index in [1.807, 2.05) is 11.8 Å². The first-order valence-corrected chi connectivity index (χ1v) is 5.86. The van der Waals surface area contributed by atoms with E-state index in [2.05, 4.69) is 0 Å². The number of phenolic OH excluding ortho intramolecular Hbond substituents is 1. The van der Waals surface area contributed by atoms with Gasteiger partial charge in [0.15, 0.2) is 11.5 Å². The van der Waals surface area contributed by atoms with Crippen molar-refractivity contribution in [3.8, 4) is 11.5 Å². The van der Waals surface area contributed by atoms with Crippen LogP contribution in [0.1, 0.15) is 18.9 Å². The molecule has 0 aliphatic carbocycles. The minimum absolute atomic E-state index is 0.0109. The molecule has 1 rings (SSSR count). The van der Waals surface area contributed by atoms with E-state index in [0.717, 1.165) is 18.5 Å². The van der Waals surface area contributed by atoms with Crippen molar-refractivity contribution in [1.82, 2.24) is 4.90 Å². The lowest BCUT2D eigenvalue weighted by atomic mass is 10.2. The number of phenols is 1. The smallest absolute Gasteiger partial charge is 0.317 e. The molecule has 0 saturated heterocycles. The Kier molecular flexibility index (Phi) is 5.45. The molecule has 0 aromatic heterocycles. The van der Waals surface area contributed by atoms with E-state index < -0.39 is 5.97 Å². The van der Waals surface area contributed by atoms with Gasteiger partial charge in [-0.2, -0.15) is 0 Å². The van der Waals surface area contributed by atoms with Gasteiger partial charge < -0.3 is 14.9 Å². The normalized spacial score (nSPS) is 10.6. The Bertz CT molecular complexity index is 406. The second-order valence-corrected chi connectivity index (χ2v) is 4.11. The van der Waals surface area contributed by atoms with E-state index in [9.17, 15) is 9.90 Å². The third kappa shape index (κ3) is 4.25. The quantitative estimate of drug-likeness (QED) is 0.774. The molecule has 0 saturated carbocycles. The molecule has 0 aliphatic rings. The first-order chi connectivity index (χ1) is 8.56. The fourth-order valence-corrected chi connectivity index (χ4v) is 1.80. The van der Waals surface area contributed by atoms with Crippen molar-refractivity contribution < 1.29 is 19.7 Å². The summed E-state index contributed by atoms with van der Waals surface area (Å²) in [5.41, 5.74) is 0.916. The fourth-order valence-electron chi connectivity index (χ4n) is 1.80. The minimum Gasteiger partial charge on any atom is -0.504 e. The lowest BCUT2D eigenvalue weighted by molar-refractivity contribution is -0.138. The van der Waals surface area contributed by atoms with E-state index in [1.165, 1.54) is 7.11 Å². The van der Waals surface area contributed by atoms with Gasteiger partial charge in [-0.15, -0.1) is 0 Å². The van der Waals surface area contributed by atoms with Gasteiger partial charge in [0.2, 0.25) is 0 Å². The molecule has 0 fully saturated rings. The monoisotopic (exact) mass is 253 g/mol. The van der Waals surface area contributed by atoms with Crippen molar-refractivity contribution in [2.24, 2.45) is 0 Å². The first-order valence-electron chi connectivity index (χ1n) is 5.86. The number of rotatable bonds is 7. The molecule has 0 heterocycles. The zero-order valence-electron chi connectivity index (χ0n) is 10.7. The number of aromatic hydroxyl groups is 1. The highest BCUT2D eigenvalue weighted by Crippen LogP contribution is 2.26. The highest BCUT2D eigenvalue weighted by molar-refractivity contribution is 5.69. The molecule has 100 valence electrons.